The highest BCUT2D eigenvalue weighted by molar-refractivity contribution is 5.28. The lowest BCUT2D eigenvalue weighted by atomic mass is 10.1. The van der Waals surface area contributed by atoms with Crippen molar-refractivity contribution >= 4 is 0 Å². The zero-order valence-corrected chi connectivity index (χ0v) is 10.0. The molecular formula is C14H18N2O. The minimum absolute atomic E-state index is 0.221. The second-order valence-electron chi connectivity index (χ2n) is 4.73. The van der Waals surface area contributed by atoms with Crippen molar-refractivity contribution in [3.8, 4) is 5.75 Å². The maximum atomic E-state index is 6.07. The van der Waals surface area contributed by atoms with Gasteiger partial charge < -0.3 is 4.74 Å². The summed E-state index contributed by atoms with van der Waals surface area (Å²) in [7, 11) is 0. The first-order valence-corrected chi connectivity index (χ1v) is 6.41. The Morgan fingerprint density at radius 3 is 3.35 bits per heavy atom. The first kappa shape index (κ1) is 10.8. The average molecular weight is 230 g/mol. The molecule has 3 aliphatic rings. The third-order valence-electron chi connectivity index (χ3n) is 3.47. The normalized spacial score (nSPS) is 28.0. The van der Waals surface area contributed by atoms with E-state index in [9.17, 15) is 0 Å². The zero-order valence-electron chi connectivity index (χ0n) is 10.0. The summed E-state index contributed by atoms with van der Waals surface area (Å²) in [5, 5.41) is 0. The van der Waals surface area contributed by atoms with E-state index in [-0.39, 0.29) is 6.10 Å². The Kier molecular flexibility index (Phi) is 3.10. The molecule has 1 aromatic heterocycles. The summed E-state index contributed by atoms with van der Waals surface area (Å²) < 4.78 is 6.07. The molecule has 0 N–H and O–H groups in total. The van der Waals surface area contributed by atoms with Gasteiger partial charge in [-0.2, -0.15) is 0 Å². The van der Waals surface area contributed by atoms with Crippen LogP contribution in [0, 0.1) is 0 Å². The van der Waals surface area contributed by atoms with Crippen molar-refractivity contribution in [2.24, 2.45) is 0 Å². The van der Waals surface area contributed by atoms with Crippen LogP contribution in [0.1, 0.15) is 18.5 Å². The van der Waals surface area contributed by atoms with E-state index >= 15 is 0 Å². The van der Waals surface area contributed by atoms with Crippen LogP contribution in [0.25, 0.3) is 0 Å². The second-order valence-corrected chi connectivity index (χ2v) is 4.73. The minimum Gasteiger partial charge on any atom is -0.484 e. The van der Waals surface area contributed by atoms with Crippen LogP contribution in [0.3, 0.4) is 0 Å². The van der Waals surface area contributed by atoms with Gasteiger partial charge in [0, 0.05) is 25.7 Å². The SMILES string of the molecule is C1=C[C@H]2CCCN(C1)CCc1ncccc1O2. The van der Waals surface area contributed by atoms with Gasteiger partial charge in [-0.15, -0.1) is 0 Å². The van der Waals surface area contributed by atoms with Crippen molar-refractivity contribution in [2.75, 3.05) is 19.6 Å². The lowest BCUT2D eigenvalue weighted by Gasteiger charge is -2.27. The highest BCUT2D eigenvalue weighted by Crippen LogP contribution is 2.22. The van der Waals surface area contributed by atoms with Gasteiger partial charge in [0.1, 0.15) is 11.9 Å². The molecule has 0 fully saturated rings. The Morgan fingerprint density at radius 2 is 2.35 bits per heavy atom. The smallest absolute Gasteiger partial charge is 0.141 e. The number of aromatic nitrogens is 1. The molecule has 0 saturated carbocycles. The van der Waals surface area contributed by atoms with E-state index in [0.29, 0.717) is 0 Å². The lowest BCUT2D eigenvalue weighted by Crippen LogP contribution is -2.32. The van der Waals surface area contributed by atoms with Gasteiger partial charge in [-0.05, 0) is 37.6 Å². The molecule has 17 heavy (non-hydrogen) atoms. The summed E-state index contributed by atoms with van der Waals surface area (Å²) in [6.07, 6.45) is 9.81. The molecule has 90 valence electrons. The molecule has 1 unspecified atom stereocenters. The summed E-state index contributed by atoms with van der Waals surface area (Å²) in [6, 6.07) is 3.99. The zero-order chi connectivity index (χ0) is 11.5. The van der Waals surface area contributed by atoms with Gasteiger partial charge in [0.2, 0.25) is 0 Å². The van der Waals surface area contributed by atoms with Gasteiger partial charge in [-0.1, -0.05) is 6.08 Å². The molecular weight excluding hydrogens is 212 g/mol. The molecule has 1 aromatic rings. The van der Waals surface area contributed by atoms with Crippen molar-refractivity contribution in [1.82, 2.24) is 9.88 Å². The molecule has 0 radical (unpaired) electrons. The molecule has 4 heterocycles. The molecule has 3 nitrogen and oxygen atoms in total. The van der Waals surface area contributed by atoms with Crippen molar-refractivity contribution in [3.05, 3.63) is 36.2 Å². The summed E-state index contributed by atoms with van der Waals surface area (Å²) >= 11 is 0. The van der Waals surface area contributed by atoms with E-state index in [4.69, 9.17) is 4.74 Å². The number of hydrogen-bond donors (Lipinski definition) is 0. The van der Waals surface area contributed by atoms with Crippen LogP contribution in [0.5, 0.6) is 5.75 Å². The van der Waals surface area contributed by atoms with E-state index in [1.807, 2.05) is 18.3 Å². The summed E-state index contributed by atoms with van der Waals surface area (Å²) in [5.74, 6) is 0.964. The number of rotatable bonds is 0. The van der Waals surface area contributed by atoms with E-state index in [0.717, 1.165) is 37.4 Å². The van der Waals surface area contributed by atoms with Gasteiger partial charge in [-0.3, -0.25) is 9.88 Å². The summed E-state index contributed by atoms with van der Waals surface area (Å²) in [5.41, 5.74) is 1.10. The molecule has 3 aliphatic heterocycles. The average Bonchev–Trinajstić information content (AvgIpc) is 2.34. The Morgan fingerprint density at radius 1 is 1.35 bits per heavy atom. The van der Waals surface area contributed by atoms with Crippen LogP contribution < -0.4 is 4.74 Å². The van der Waals surface area contributed by atoms with Crippen LogP contribution in [0.4, 0.5) is 0 Å². The molecule has 0 spiro atoms. The van der Waals surface area contributed by atoms with Gasteiger partial charge in [0.25, 0.3) is 0 Å². The highest BCUT2D eigenvalue weighted by atomic mass is 16.5. The van der Waals surface area contributed by atoms with Crippen molar-refractivity contribution in [1.29, 1.82) is 0 Å². The lowest BCUT2D eigenvalue weighted by molar-refractivity contribution is 0.199. The van der Waals surface area contributed by atoms with Crippen molar-refractivity contribution < 1.29 is 4.74 Å². The molecule has 0 aromatic carbocycles. The van der Waals surface area contributed by atoms with Gasteiger partial charge in [0.05, 0.1) is 5.69 Å². The standard InChI is InChI=1S/C14H18N2O/c1-6-14-13(15-8-1)7-11-16-9-2-4-12(17-14)5-3-10-16/h1-2,4,6,8,12H,3,5,7,9-11H2/t12-/m0/s1. The fraction of sp³-hybridized carbons (Fsp3) is 0.500. The first-order chi connectivity index (χ1) is 8.42. The number of hydrogen-bond acceptors (Lipinski definition) is 3. The summed E-state index contributed by atoms with van der Waals surface area (Å²) in [6.45, 7) is 3.29. The Labute approximate surface area is 102 Å². The van der Waals surface area contributed by atoms with E-state index in [2.05, 4.69) is 22.0 Å². The molecule has 2 atom stereocenters. The highest BCUT2D eigenvalue weighted by Gasteiger charge is 2.17. The molecule has 0 saturated heterocycles. The van der Waals surface area contributed by atoms with Crippen LogP contribution in [-0.4, -0.2) is 35.6 Å². The molecule has 0 aliphatic carbocycles. The maximum Gasteiger partial charge on any atom is 0.141 e. The largest absolute Gasteiger partial charge is 0.484 e. The Balaban J connectivity index is 1.93. The first-order valence-electron chi connectivity index (χ1n) is 6.41. The fourth-order valence-electron chi connectivity index (χ4n) is 2.51. The third-order valence-corrected chi connectivity index (χ3v) is 3.47. The van der Waals surface area contributed by atoms with Gasteiger partial charge in [0.15, 0.2) is 0 Å². The van der Waals surface area contributed by atoms with Crippen LogP contribution in [0.15, 0.2) is 30.5 Å². The van der Waals surface area contributed by atoms with Crippen molar-refractivity contribution in [2.45, 2.75) is 25.4 Å². The van der Waals surface area contributed by atoms with E-state index in [1.54, 1.807) is 0 Å². The Hall–Kier alpha value is -1.35. The predicted octanol–water partition coefficient (Wildman–Crippen LogP) is 2.04. The topological polar surface area (TPSA) is 25.4 Å². The van der Waals surface area contributed by atoms with Crippen LogP contribution in [-0.2, 0) is 6.42 Å². The monoisotopic (exact) mass is 230 g/mol. The number of nitrogens with zero attached hydrogens (tertiary/aromatic N) is 2. The quantitative estimate of drug-likeness (QED) is 0.638. The molecule has 3 heteroatoms. The second kappa shape index (κ2) is 4.88. The van der Waals surface area contributed by atoms with Crippen molar-refractivity contribution in [3.63, 3.8) is 0 Å². The van der Waals surface area contributed by atoms with E-state index in [1.165, 1.54) is 13.0 Å². The van der Waals surface area contributed by atoms with Gasteiger partial charge in [-0.25, -0.2) is 0 Å². The number of pyridine rings is 1. The predicted molar refractivity (Wildman–Crippen MR) is 67.2 cm³/mol. The maximum absolute atomic E-state index is 6.07. The molecule has 0 amide bonds. The minimum atomic E-state index is 0.221. The molecule has 4 rings (SSSR count). The van der Waals surface area contributed by atoms with Gasteiger partial charge >= 0.3 is 0 Å². The summed E-state index contributed by atoms with van der Waals surface area (Å²) in [4.78, 5) is 6.94. The van der Waals surface area contributed by atoms with Crippen LogP contribution >= 0.6 is 0 Å². The Bertz CT molecular complexity index is 416. The number of fused-ring (bicyclic) bond motifs is 4. The third kappa shape index (κ3) is 2.50. The fourth-order valence-corrected chi connectivity index (χ4v) is 2.51. The van der Waals surface area contributed by atoms with Crippen LogP contribution in [0.2, 0.25) is 0 Å². The van der Waals surface area contributed by atoms with E-state index < -0.39 is 0 Å². The number of ether oxygens (including phenoxy) is 1. The molecule has 2 bridgehead atoms.